The molecule has 0 saturated carbocycles. The Morgan fingerprint density at radius 3 is 2.33 bits per heavy atom. The first-order valence-electron chi connectivity index (χ1n) is 3.46. The molecule has 0 aromatic heterocycles. The van der Waals surface area contributed by atoms with Gasteiger partial charge in [-0.15, -0.1) is 0 Å². The second kappa shape index (κ2) is 4.04. The van der Waals surface area contributed by atoms with Crippen molar-refractivity contribution in [1.29, 1.82) is 0 Å². The van der Waals surface area contributed by atoms with Crippen LogP contribution in [-0.4, -0.2) is 11.0 Å². The highest BCUT2D eigenvalue weighted by atomic mass is 19.3. The van der Waals surface area contributed by atoms with Gasteiger partial charge >= 0.3 is 0 Å². The summed E-state index contributed by atoms with van der Waals surface area (Å²) in [4.78, 5) is 0. The van der Waals surface area contributed by atoms with Crippen molar-refractivity contribution in [3.8, 4) is 0 Å². The van der Waals surface area contributed by atoms with E-state index in [9.17, 15) is 8.78 Å². The maximum atomic E-state index is 12.5. The Kier molecular flexibility index (Phi) is 3.67. The summed E-state index contributed by atoms with van der Waals surface area (Å²) in [5, 5.41) is 8.96. The van der Waals surface area contributed by atoms with Gasteiger partial charge in [-0.2, -0.15) is 0 Å². The molecule has 0 fully saturated rings. The molecular weight excluding hydrogens is 162 g/mol. The maximum Gasteiger partial charge on any atom is 0.266 e. The predicted molar refractivity (Wildman–Crippen MR) is 45.3 cm³/mol. The normalized spacial score (nSPS) is 14.7. The lowest BCUT2D eigenvalue weighted by Gasteiger charge is -2.09. The molecule has 0 spiro atoms. The largest absolute Gasteiger partial charge is 0.508 e. The first kappa shape index (κ1) is 10.9. The van der Waals surface area contributed by atoms with Crippen molar-refractivity contribution in [3.05, 3.63) is 36.1 Å². The summed E-state index contributed by atoms with van der Waals surface area (Å²) >= 11 is 0. The Bertz CT molecular complexity index is 221. The number of aliphatic hydroxyl groups is 1. The van der Waals surface area contributed by atoms with E-state index in [0.29, 0.717) is 0 Å². The van der Waals surface area contributed by atoms with E-state index in [1.807, 2.05) is 0 Å². The molecule has 0 aromatic rings. The molecule has 68 valence electrons. The molecule has 1 nitrogen and oxygen atoms in total. The highest BCUT2D eigenvalue weighted by molar-refractivity contribution is 5.23. The molecular formula is C9H12F2O. The average Bonchev–Trinajstić information content (AvgIpc) is 1.85. The Balaban J connectivity index is 4.57. The van der Waals surface area contributed by atoms with Crippen LogP contribution in [0.15, 0.2) is 36.1 Å². The van der Waals surface area contributed by atoms with Gasteiger partial charge in [0, 0.05) is 6.92 Å². The fourth-order valence-corrected chi connectivity index (χ4v) is 0.517. The first-order chi connectivity index (χ1) is 5.38. The van der Waals surface area contributed by atoms with Gasteiger partial charge in [0.1, 0.15) is 5.76 Å². The highest BCUT2D eigenvalue weighted by Crippen LogP contribution is 2.22. The van der Waals surface area contributed by atoms with Crippen LogP contribution in [0.25, 0.3) is 0 Å². The van der Waals surface area contributed by atoms with Crippen molar-refractivity contribution in [2.24, 2.45) is 0 Å². The van der Waals surface area contributed by atoms with E-state index in [4.69, 9.17) is 5.11 Å². The standard InChI is InChI=1S/C9H12F2O/c1-4-5-8(12)6-7(2)9(3,10)11/h4-6,12H,1H2,2-3H3/b7-6+,8-5+. The molecule has 1 N–H and O–H groups in total. The van der Waals surface area contributed by atoms with Gasteiger partial charge in [-0.25, -0.2) is 8.78 Å². The van der Waals surface area contributed by atoms with Crippen molar-refractivity contribution in [1.82, 2.24) is 0 Å². The minimum atomic E-state index is -2.89. The Hall–Kier alpha value is -1.12. The van der Waals surface area contributed by atoms with Crippen LogP contribution in [0.4, 0.5) is 8.78 Å². The van der Waals surface area contributed by atoms with Gasteiger partial charge in [-0.05, 0) is 24.6 Å². The molecule has 0 atom stereocenters. The zero-order valence-electron chi connectivity index (χ0n) is 7.14. The van der Waals surface area contributed by atoms with E-state index in [1.165, 1.54) is 19.1 Å². The van der Waals surface area contributed by atoms with E-state index >= 15 is 0 Å². The number of halogens is 2. The predicted octanol–water partition coefficient (Wildman–Crippen LogP) is 3.22. The summed E-state index contributed by atoms with van der Waals surface area (Å²) in [5.74, 6) is -3.10. The maximum absolute atomic E-state index is 12.5. The number of rotatable bonds is 3. The highest BCUT2D eigenvalue weighted by Gasteiger charge is 2.23. The van der Waals surface area contributed by atoms with E-state index in [0.717, 1.165) is 13.0 Å². The summed E-state index contributed by atoms with van der Waals surface area (Å²) in [6, 6.07) is 0. The number of alkyl halides is 2. The zero-order valence-corrected chi connectivity index (χ0v) is 7.14. The van der Waals surface area contributed by atoms with Gasteiger partial charge in [-0.1, -0.05) is 12.7 Å². The summed E-state index contributed by atoms with van der Waals surface area (Å²) < 4.78 is 25.0. The first-order valence-corrected chi connectivity index (χ1v) is 3.46. The smallest absolute Gasteiger partial charge is 0.266 e. The van der Waals surface area contributed by atoms with Crippen molar-refractivity contribution >= 4 is 0 Å². The Morgan fingerprint density at radius 2 is 2.00 bits per heavy atom. The van der Waals surface area contributed by atoms with E-state index in [-0.39, 0.29) is 11.3 Å². The minimum absolute atomic E-state index is 0.182. The van der Waals surface area contributed by atoms with Gasteiger partial charge in [0.15, 0.2) is 0 Å². The molecule has 0 aliphatic carbocycles. The fourth-order valence-electron chi connectivity index (χ4n) is 0.517. The summed E-state index contributed by atoms with van der Waals surface area (Å²) in [6.07, 6.45) is 3.59. The van der Waals surface area contributed by atoms with Crippen LogP contribution in [0.1, 0.15) is 13.8 Å². The third kappa shape index (κ3) is 3.91. The van der Waals surface area contributed by atoms with Crippen LogP contribution in [0.3, 0.4) is 0 Å². The molecule has 0 unspecified atom stereocenters. The van der Waals surface area contributed by atoms with Crippen molar-refractivity contribution < 1.29 is 13.9 Å². The topological polar surface area (TPSA) is 20.2 Å². The average molecular weight is 174 g/mol. The van der Waals surface area contributed by atoms with Crippen molar-refractivity contribution in [3.63, 3.8) is 0 Å². The van der Waals surface area contributed by atoms with Crippen LogP contribution >= 0.6 is 0 Å². The minimum Gasteiger partial charge on any atom is -0.508 e. The molecule has 0 aliphatic rings. The molecule has 0 aliphatic heterocycles. The summed E-state index contributed by atoms with van der Waals surface area (Å²) in [5.41, 5.74) is -0.182. The summed E-state index contributed by atoms with van der Waals surface area (Å²) in [6.45, 7) is 5.35. The fraction of sp³-hybridized carbons (Fsp3) is 0.333. The lowest BCUT2D eigenvalue weighted by atomic mass is 10.1. The Morgan fingerprint density at radius 1 is 1.50 bits per heavy atom. The molecule has 0 rings (SSSR count). The van der Waals surface area contributed by atoms with Crippen LogP contribution < -0.4 is 0 Å². The zero-order chi connectivity index (χ0) is 9.78. The quantitative estimate of drug-likeness (QED) is 0.514. The van der Waals surface area contributed by atoms with Gasteiger partial charge in [0.2, 0.25) is 0 Å². The second-order valence-corrected chi connectivity index (χ2v) is 2.54. The molecule has 0 saturated heterocycles. The third-order valence-corrected chi connectivity index (χ3v) is 1.35. The molecule has 0 bridgehead atoms. The van der Waals surface area contributed by atoms with Gasteiger partial charge < -0.3 is 5.11 Å². The Labute approximate surface area is 70.7 Å². The number of allylic oxidation sites excluding steroid dienone is 4. The molecule has 0 radical (unpaired) electrons. The SMILES string of the molecule is C=C/C=C(O)\C=C(/C)C(C)(F)F. The summed E-state index contributed by atoms with van der Waals surface area (Å²) in [7, 11) is 0. The lowest BCUT2D eigenvalue weighted by Crippen LogP contribution is -2.11. The molecule has 0 aromatic carbocycles. The third-order valence-electron chi connectivity index (χ3n) is 1.35. The van der Waals surface area contributed by atoms with E-state index in [2.05, 4.69) is 6.58 Å². The van der Waals surface area contributed by atoms with E-state index in [1.54, 1.807) is 0 Å². The van der Waals surface area contributed by atoms with Crippen LogP contribution in [-0.2, 0) is 0 Å². The van der Waals surface area contributed by atoms with Crippen LogP contribution in [0.2, 0.25) is 0 Å². The monoisotopic (exact) mass is 174 g/mol. The van der Waals surface area contributed by atoms with Gasteiger partial charge in [0.05, 0.1) is 0 Å². The molecule has 0 heterocycles. The number of hydrogen-bond donors (Lipinski definition) is 1. The molecule has 12 heavy (non-hydrogen) atoms. The number of aliphatic hydroxyl groups excluding tert-OH is 1. The van der Waals surface area contributed by atoms with Crippen molar-refractivity contribution in [2.45, 2.75) is 19.8 Å². The van der Waals surface area contributed by atoms with Gasteiger partial charge in [0.25, 0.3) is 5.92 Å². The number of hydrogen-bond acceptors (Lipinski definition) is 1. The van der Waals surface area contributed by atoms with Crippen molar-refractivity contribution in [2.75, 3.05) is 0 Å². The van der Waals surface area contributed by atoms with Gasteiger partial charge in [-0.3, -0.25) is 0 Å². The van der Waals surface area contributed by atoms with Crippen LogP contribution in [0.5, 0.6) is 0 Å². The van der Waals surface area contributed by atoms with E-state index < -0.39 is 5.92 Å². The lowest BCUT2D eigenvalue weighted by molar-refractivity contribution is 0.0631. The molecule has 3 heteroatoms. The van der Waals surface area contributed by atoms with Crippen LogP contribution in [0, 0.1) is 0 Å². The second-order valence-electron chi connectivity index (χ2n) is 2.54. The molecule has 0 amide bonds.